The first-order valence-electron chi connectivity index (χ1n) is 9.00. The van der Waals surface area contributed by atoms with Crippen LogP contribution < -0.4 is 9.47 Å². The number of ketones is 1. The first-order valence-corrected chi connectivity index (χ1v) is 9.00. The molecule has 0 aliphatic rings. The summed E-state index contributed by atoms with van der Waals surface area (Å²) in [6.45, 7) is 0. The summed E-state index contributed by atoms with van der Waals surface area (Å²) in [6, 6.07) is 15.0. The molecule has 31 heavy (non-hydrogen) atoms. The van der Waals surface area contributed by atoms with E-state index in [2.05, 4.69) is 0 Å². The number of hydrogen-bond acceptors (Lipinski definition) is 6. The van der Waals surface area contributed by atoms with Gasteiger partial charge in [0.1, 0.15) is 17.3 Å². The van der Waals surface area contributed by atoms with E-state index >= 15 is 0 Å². The summed E-state index contributed by atoms with van der Waals surface area (Å²) >= 11 is 0. The van der Waals surface area contributed by atoms with Gasteiger partial charge in [0.25, 0.3) is 5.69 Å². The fourth-order valence-corrected chi connectivity index (χ4v) is 2.72. The van der Waals surface area contributed by atoms with Crippen LogP contribution in [0.2, 0.25) is 0 Å². The smallest absolute Gasteiger partial charge is 0.343 e. The molecule has 0 aromatic heterocycles. The molecule has 156 valence electrons. The second kappa shape index (κ2) is 9.45. The predicted molar refractivity (Wildman–Crippen MR) is 111 cm³/mol. The molecule has 3 aromatic carbocycles. The van der Waals surface area contributed by atoms with Gasteiger partial charge in [-0.3, -0.25) is 14.9 Å². The molecule has 0 heterocycles. The Kier molecular flexibility index (Phi) is 6.51. The molecule has 0 fully saturated rings. The van der Waals surface area contributed by atoms with Crippen LogP contribution in [-0.2, 0) is 0 Å². The highest BCUT2D eigenvalue weighted by atomic mass is 19.1. The van der Waals surface area contributed by atoms with Crippen LogP contribution >= 0.6 is 0 Å². The molecule has 3 aromatic rings. The van der Waals surface area contributed by atoms with E-state index < -0.39 is 22.5 Å². The lowest BCUT2D eigenvalue weighted by Crippen LogP contribution is -2.11. The number of nitrogens with zero attached hydrogens (tertiary/aromatic N) is 1. The monoisotopic (exact) mass is 421 g/mol. The lowest BCUT2D eigenvalue weighted by Gasteiger charge is -2.09. The van der Waals surface area contributed by atoms with Crippen LogP contribution in [0.4, 0.5) is 10.1 Å². The Morgan fingerprint density at radius 3 is 2.39 bits per heavy atom. The number of hydrogen-bond donors (Lipinski definition) is 0. The zero-order valence-electron chi connectivity index (χ0n) is 16.3. The highest BCUT2D eigenvalue weighted by Crippen LogP contribution is 2.24. The van der Waals surface area contributed by atoms with E-state index in [1.807, 2.05) is 0 Å². The maximum absolute atomic E-state index is 13.8. The largest absolute Gasteiger partial charge is 0.496 e. The molecule has 0 amide bonds. The Labute approximate surface area is 176 Å². The maximum atomic E-state index is 13.8. The van der Waals surface area contributed by atoms with Crippen molar-refractivity contribution in [1.29, 1.82) is 0 Å². The van der Waals surface area contributed by atoms with Crippen LogP contribution in [0.3, 0.4) is 0 Å². The standard InChI is InChI=1S/C23H16FNO6/c1-30-21-5-3-2-4-15(21)8-12-20(26)19-14-17(24)9-13-22(19)31-23(27)16-6-10-18(11-7-16)25(28)29/h2-14H,1H3/b12-8+. The summed E-state index contributed by atoms with van der Waals surface area (Å²) in [6.07, 6.45) is 2.73. The van der Waals surface area contributed by atoms with Crippen molar-refractivity contribution in [3.05, 3.63) is 105 Å². The van der Waals surface area contributed by atoms with Crippen molar-refractivity contribution >= 4 is 23.5 Å². The van der Waals surface area contributed by atoms with Crippen molar-refractivity contribution in [3.8, 4) is 11.5 Å². The minimum atomic E-state index is -0.843. The van der Waals surface area contributed by atoms with Crippen LogP contribution in [0.5, 0.6) is 11.5 Å². The fourth-order valence-electron chi connectivity index (χ4n) is 2.72. The zero-order valence-corrected chi connectivity index (χ0v) is 16.3. The summed E-state index contributed by atoms with van der Waals surface area (Å²) in [5.41, 5.74) is 0.342. The summed E-state index contributed by atoms with van der Waals surface area (Å²) in [7, 11) is 1.50. The molecule has 0 aliphatic carbocycles. The lowest BCUT2D eigenvalue weighted by atomic mass is 10.1. The SMILES string of the molecule is COc1ccccc1/C=C/C(=O)c1cc(F)ccc1OC(=O)c1ccc([N+](=O)[O-])cc1. The lowest BCUT2D eigenvalue weighted by molar-refractivity contribution is -0.384. The number of para-hydroxylation sites is 1. The Hall–Kier alpha value is -4.33. The van der Waals surface area contributed by atoms with Crippen LogP contribution in [-0.4, -0.2) is 23.8 Å². The average molecular weight is 421 g/mol. The molecule has 0 N–H and O–H groups in total. The van der Waals surface area contributed by atoms with Crippen molar-refractivity contribution in [1.82, 2.24) is 0 Å². The van der Waals surface area contributed by atoms with Gasteiger partial charge < -0.3 is 9.47 Å². The Morgan fingerprint density at radius 2 is 1.71 bits per heavy atom. The van der Waals surface area contributed by atoms with Gasteiger partial charge >= 0.3 is 5.97 Å². The molecule has 0 saturated heterocycles. The number of benzene rings is 3. The van der Waals surface area contributed by atoms with Crippen molar-refractivity contribution in [2.24, 2.45) is 0 Å². The molecular formula is C23H16FNO6. The quantitative estimate of drug-likeness (QED) is 0.135. The van der Waals surface area contributed by atoms with Crippen LogP contribution in [0.15, 0.2) is 72.8 Å². The van der Waals surface area contributed by atoms with Crippen molar-refractivity contribution in [2.45, 2.75) is 0 Å². The molecule has 7 nitrogen and oxygen atoms in total. The van der Waals surface area contributed by atoms with Gasteiger partial charge in [-0.15, -0.1) is 0 Å². The van der Waals surface area contributed by atoms with E-state index in [1.165, 1.54) is 37.5 Å². The van der Waals surface area contributed by atoms with Gasteiger partial charge in [0.05, 0.1) is 23.2 Å². The van der Waals surface area contributed by atoms with E-state index in [0.717, 1.165) is 24.3 Å². The number of nitro benzene ring substituents is 1. The first kappa shape index (κ1) is 21.4. The van der Waals surface area contributed by atoms with Gasteiger partial charge in [0.2, 0.25) is 0 Å². The molecule has 0 spiro atoms. The molecule has 8 heteroatoms. The highest BCUT2D eigenvalue weighted by molar-refractivity contribution is 6.09. The zero-order chi connectivity index (χ0) is 22.4. The van der Waals surface area contributed by atoms with Gasteiger partial charge in [-0.2, -0.15) is 0 Å². The number of ether oxygens (including phenoxy) is 2. The normalized spacial score (nSPS) is 10.6. The number of rotatable bonds is 7. The molecule has 0 saturated carbocycles. The topological polar surface area (TPSA) is 95.7 Å². The number of carbonyl (C=O) groups excluding carboxylic acids is 2. The number of halogens is 1. The third kappa shape index (κ3) is 5.18. The van der Waals surface area contributed by atoms with Gasteiger partial charge in [-0.1, -0.05) is 18.2 Å². The summed E-state index contributed by atoms with van der Waals surface area (Å²) in [5.74, 6) is -1.69. The third-order valence-corrected chi connectivity index (χ3v) is 4.28. The minimum absolute atomic E-state index is 0.0397. The molecule has 3 rings (SSSR count). The predicted octanol–water partition coefficient (Wildman–Crippen LogP) is 4.86. The number of allylic oxidation sites excluding steroid dienone is 1. The van der Waals surface area contributed by atoms with Crippen molar-refractivity contribution in [2.75, 3.05) is 7.11 Å². The van der Waals surface area contributed by atoms with E-state index in [9.17, 15) is 24.1 Å². The number of carbonyl (C=O) groups is 2. The van der Waals surface area contributed by atoms with Crippen LogP contribution in [0, 0.1) is 15.9 Å². The van der Waals surface area contributed by atoms with E-state index in [4.69, 9.17) is 9.47 Å². The molecule has 0 radical (unpaired) electrons. The Balaban J connectivity index is 1.84. The number of methoxy groups -OCH3 is 1. The number of non-ortho nitro benzene ring substituents is 1. The third-order valence-electron chi connectivity index (χ3n) is 4.28. The van der Waals surface area contributed by atoms with E-state index in [1.54, 1.807) is 24.3 Å². The van der Waals surface area contributed by atoms with E-state index in [-0.39, 0.29) is 22.6 Å². The minimum Gasteiger partial charge on any atom is -0.496 e. The van der Waals surface area contributed by atoms with E-state index in [0.29, 0.717) is 11.3 Å². The van der Waals surface area contributed by atoms with Crippen molar-refractivity contribution < 1.29 is 28.4 Å². The number of esters is 1. The maximum Gasteiger partial charge on any atom is 0.343 e. The number of nitro groups is 1. The molecule has 0 bridgehead atoms. The van der Waals surface area contributed by atoms with Gasteiger partial charge in [-0.25, -0.2) is 9.18 Å². The molecule has 0 aliphatic heterocycles. The molecular weight excluding hydrogens is 405 g/mol. The highest BCUT2D eigenvalue weighted by Gasteiger charge is 2.17. The Morgan fingerprint density at radius 1 is 1.00 bits per heavy atom. The summed E-state index contributed by atoms with van der Waals surface area (Å²) in [5, 5.41) is 10.7. The second-order valence-corrected chi connectivity index (χ2v) is 6.27. The molecule has 0 atom stereocenters. The molecule has 0 unspecified atom stereocenters. The fraction of sp³-hybridized carbons (Fsp3) is 0.0435. The average Bonchev–Trinajstić information content (AvgIpc) is 2.78. The summed E-state index contributed by atoms with van der Waals surface area (Å²) < 4.78 is 24.2. The van der Waals surface area contributed by atoms with Gasteiger partial charge in [-0.05, 0) is 48.6 Å². The summed E-state index contributed by atoms with van der Waals surface area (Å²) in [4.78, 5) is 35.2. The van der Waals surface area contributed by atoms with Crippen LogP contribution in [0.25, 0.3) is 6.08 Å². The van der Waals surface area contributed by atoms with Crippen molar-refractivity contribution in [3.63, 3.8) is 0 Å². The van der Waals surface area contributed by atoms with Gasteiger partial charge in [0.15, 0.2) is 5.78 Å². The first-order chi connectivity index (χ1) is 14.9. The second-order valence-electron chi connectivity index (χ2n) is 6.27. The van der Waals surface area contributed by atoms with Crippen LogP contribution in [0.1, 0.15) is 26.3 Å². The Bertz CT molecular complexity index is 1170. The van der Waals surface area contributed by atoms with Gasteiger partial charge in [0, 0.05) is 17.7 Å².